The minimum absolute atomic E-state index is 0.452. The largest absolute Gasteiger partial charge is 0.480 e. The molecule has 3 heteroatoms. The molecule has 0 aromatic heterocycles. The highest BCUT2D eigenvalue weighted by Crippen LogP contribution is 2.11. The quantitative estimate of drug-likeness (QED) is 0.807. The minimum Gasteiger partial charge on any atom is -0.480 e. The van der Waals surface area contributed by atoms with Gasteiger partial charge >= 0.3 is 5.97 Å². The van der Waals surface area contributed by atoms with E-state index in [1.165, 1.54) is 18.4 Å². The van der Waals surface area contributed by atoms with Crippen molar-refractivity contribution in [2.45, 2.75) is 38.6 Å². The van der Waals surface area contributed by atoms with E-state index in [1.807, 2.05) is 12.1 Å². The number of hydrogen-bond acceptors (Lipinski definition) is 2. The second kappa shape index (κ2) is 7.17. The van der Waals surface area contributed by atoms with Gasteiger partial charge in [-0.25, -0.2) is 0 Å². The topological polar surface area (TPSA) is 40.5 Å². The molecule has 1 aromatic rings. The number of aliphatic carboxylic acids is 1. The third-order valence-electron chi connectivity index (χ3n) is 3.18. The molecule has 0 spiro atoms. The summed E-state index contributed by atoms with van der Waals surface area (Å²) in [7, 11) is 3.60. The van der Waals surface area contributed by atoms with Crippen LogP contribution in [-0.2, 0) is 17.6 Å². The highest BCUT2D eigenvalue weighted by atomic mass is 16.4. The lowest BCUT2D eigenvalue weighted by molar-refractivity contribution is -0.142. The van der Waals surface area contributed by atoms with Gasteiger partial charge in [-0.05, 0) is 44.5 Å². The Hall–Kier alpha value is -1.35. The van der Waals surface area contributed by atoms with Gasteiger partial charge in [0.15, 0.2) is 0 Å². The smallest absolute Gasteiger partial charge is 0.321 e. The zero-order valence-corrected chi connectivity index (χ0v) is 11.5. The third kappa shape index (κ3) is 4.49. The van der Waals surface area contributed by atoms with Gasteiger partial charge in [-0.15, -0.1) is 0 Å². The van der Waals surface area contributed by atoms with Crippen molar-refractivity contribution in [3.05, 3.63) is 35.4 Å². The maximum atomic E-state index is 11.1. The lowest BCUT2D eigenvalue weighted by Crippen LogP contribution is -2.37. The Balaban J connectivity index is 2.64. The number of carbonyl (C=O) groups is 1. The van der Waals surface area contributed by atoms with Crippen molar-refractivity contribution in [3.63, 3.8) is 0 Å². The fraction of sp³-hybridized carbons (Fsp3) is 0.533. The van der Waals surface area contributed by atoms with Crippen LogP contribution in [0.3, 0.4) is 0 Å². The second-order valence-electron chi connectivity index (χ2n) is 4.94. The molecule has 0 radical (unpaired) electrons. The van der Waals surface area contributed by atoms with Crippen LogP contribution in [0, 0.1) is 0 Å². The van der Waals surface area contributed by atoms with Crippen LogP contribution in [0.15, 0.2) is 24.3 Å². The number of rotatable bonds is 7. The van der Waals surface area contributed by atoms with Gasteiger partial charge in [-0.2, -0.15) is 0 Å². The molecule has 3 nitrogen and oxygen atoms in total. The van der Waals surface area contributed by atoms with Gasteiger partial charge in [0.05, 0.1) is 0 Å². The molecule has 0 amide bonds. The van der Waals surface area contributed by atoms with Crippen LogP contribution < -0.4 is 0 Å². The highest BCUT2D eigenvalue weighted by Gasteiger charge is 2.19. The van der Waals surface area contributed by atoms with E-state index in [-0.39, 0.29) is 0 Å². The highest BCUT2D eigenvalue weighted by molar-refractivity contribution is 5.73. The van der Waals surface area contributed by atoms with E-state index in [0.29, 0.717) is 6.42 Å². The fourth-order valence-electron chi connectivity index (χ4n) is 1.94. The molecular formula is C15H23NO2. The van der Waals surface area contributed by atoms with Gasteiger partial charge in [-0.1, -0.05) is 37.6 Å². The molecule has 0 aliphatic heterocycles. The first-order chi connectivity index (χ1) is 8.54. The van der Waals surface area contributed by atoms with Crippen LogP contribution >= 0.6 is 0 Å². The molecular weight excluding hydrogens is 226 g/mol. The van der Waals surface area contributed by atoms with Gasteiger partial charge in [0, 0.05) is 0 Å². The van der Waals surface area contributed by atoms with Crippen LogP contribution in [0.5, 0.6) is 0 Å². The van der Waals surface area contributed by atoms with Crippen LogP contribution in [0.2, 0.25) is 0 Å². The van der Waals surface area contributed by atoms with Gasteiger partial charge in [0.25, 0.3) is 0 Å². The summed E-state index contributed by atoms with van der Waals surface area (Å²) in [6.45, 7) is 2.18. The summed E-state index contributed by atoms with van der Waals surface area (Å²) in [6, 6.07) is 7.86. The van der Waals surface area contributed by atoms with E-state index in [2.05, 4.69) is 19.1 Å². The minimum atomic E-state index is -0.768. The maximum absolute atomic E-state index is 11.1. The van der Waals surface area contributed by atoms with Crippen LogP contribution in [-0.4, -0.2) is 36.1 Å². The fourth-order valence-corrected chi connectivity index (χ4v) is 1.94. The molecule has 0 saturated carbocycles. The third-order valence-corrected chi connectivity index (χ3v) is 3.18. The molecule has 1 rings (SSSR count). The number of unbranched alkanes of at least 4 members (excludes halogenated alkanes) is 1. The molecule has 0 heterocycles. The number of hydrogen-bond donors (Lipinski definition) is 1. The molecule has 0 fully saturated rings. The van der Waals surface area contributed by atoms with Crippen molar-refractivity contribution in [1.82, 2.24) is 4.90 Å². The Labute approximate surface area is 109 Å². The number of aryl methyl sites for hydroxylation is 1. The summed E-state index contributed by atoms with van der Waals surface area (Å²) in [6.07, 6.45) is 4.06. The number of likely N-dealkylation sites (N-methyl/N-ethyl adjacent to an activating group) is 1. The number of benzene rings is 1. The lowest BCUT2D eigenvalue weighted by atomic mass is 10.0. The Morgan fingerprint density at radius 1 is 1.22 bits per heavy atom. The average Bonchev–Trinajstić information content (AvgIpc) is 2.34. The monoisotopic (exact) mass is 249 g/mol. The van der Waals surface area contributed by atoms with E-state index < -0.39 is 12.0 Å². The van der Waals surface area contributed by atoms with Crippen molar-refractivity contribution < 1.29 is 9.90 Å². The SMILES string of the molecule is CCCCc1ccc(C[C@H](C(=O)O)N(C)C)cc1. The predicted molar refractivity (Wildman–Crippen MR) is 73.9 cm³/mol. The Morgan fingerprint density at radius 2 is 1.78 bits per heavy atom. The summed E-state index contributed by atoms with van der Waals surface area (Å²) < 4.78 is 0. The van der Waals surface area contributed by atoms with Crippen molar-refractivity contribution in [1.29, 1.82) is 0 Å². The molecule has 0 bridgehead atoms. The van der Waals surface area contributed by atoms with E-state index in [4.69, 9.17) is 5.11 Å². The normalized spacial score (nSPS) is 12.7. The van der Waals surface area contributed by atoms with Crippen LogP contribution in [0.25, 0.3) is 0 Å². The molecule has 1 aromatic carbocycles. The van der Waals surface area contributed by atoms with Gasteiger partial charge < -0.3 is 5.11 Å². The van der Waals surface area contributed by atoms with E-state index >= 15 is 0 Å². The van der Waals surface area contributed by atoms with E-state index in [1.54, 1.807) is 19.0 Å². The standard InChI is InChI=1S/C15H23NO2/c1-4-5-6-12-7-9-13(10-8-12)11-14(15(17)18)16(2)3/h7-10,14H,4-6,11H2,1-3H3,(H,17,18)/t14-/m1/s1. The number of carboxylic acid groups (broad SMARTS) is 1. The van der Waals surface area contributed by atoms with Crippen LogP contribution in [0.4, 0.5) is 0 Å². The van der Waals surface area contributed by atoms with Crippen molar-refractivity contribution in [2.24, 2.45) is 0 Å². The van der Waals surface area contributed by atoms with Crippen molar-refractivity contribution >= 4 is 5.97 Å². The molecule has 1 N–H and O–H groups in total. The van der Waals surface area contributed by atoms with Crippen LogP contribution in [0.1, 0.15) is 30.9 Å². The first-order valence-corrected chi connectivity index (χ1v) is 6.51. The zero-order chi connectivity index (χ0) is 13.5. The molecule has 0 unspecified atom stereocenters. The van der Waals surface area contributed by atoms with E-state index in [0.717, 1.165) is 12.0 Å². The average molecular weight is 249 g/mol. The Bertz CT molecular complexity index is 371. The molecule has 0 aliphatic carbocycles. The van der Waals surface area contributed by atoms with Gasteiger partial charge in [0.2, 0.25) is 0 Å². The summed E-state index contributed by atoms with van der Waals surface area (Å²) in [5.74, 6) is -0.768. The number of carboxylic acids is 1. The molecule has 18 heavy (non-hydrogen) atoms. The zero-order valence-electron chi connectivity index (χ0n) is 11.5. The summed E-state index contributed by atoms with van der Waals surface area (Å²) in [5.41, 5.74) is 2.41. The first-order valence-electron chi connectivity index (χ1n) is 6.51. The molecule has 100 valence electrons. The molecule has 0 aliphatic rings. The Morgan fingerprint density at radius 3 is 2.22 bits per heavy atom. The Kier molecular flexibility index (Phi) is 5.86. The second-order valence-corrected chi connectivity index (χ2v) is 4.94. The van der Waals surface area contributed by atoms with Gasteiger partial charge in [0.1, 0.15) is 6.04 Å². The predicted octanol–water partition coefficient (Wildman–Crippen LogP) is 2.59. The van der Waals surface area contributed by atoms with Gasteiger partial charge in [-0.3, -0.25) is 9.69 Å². The lowest BCUT2D eigenvalue weighted by Gasteiger charge is -2.20. The summed E-state index contributed by atoms with van der Waals surface area (Å²) >= 11 is 0. The molecule has 0 saturated heterocycles. The van der Waals surface area contributed by atoms with E-state index in [9.17, 15) is 4.79 Å². The molecule has 1 atom stereocenters. The summed E-state index contributed by atoms with van der Waals surface area (Å²) in [4.78, 5) is 12.9. The first kappa shape index (κ1) is 14.7. The summed E-state index contributed by atoms with van der Waals surface area (Å²) in [5, 5.41) is 9.13. The van der Waals surface area contributed by atoms with Crippen molar-refractivity contribution in [2.75, 3.05) is 14.1 Å². The number of nitrogens with zero attached hydrogens (tertiary/aromatic N) is 1. The van der Waals surface area contributed by atoms with Crippen molar-refractivity contribution in [3.8, 4) is 0 Å². The maximum Gasteiger partial charge on any atom is 0.321 e.